The highest BCUT2D eigenvalue weighted by atomic mass is 32.2. The number of amides is 1. The van der Waals surface area contributed by atoms with E-state index >= 15 is 0 Å². The zero-order chi connectivity index (χ0) is 20.3. The van der Waals surface area contributed by atoms with Gasteiger partial charge in [0, 0.05) is 18.5 Å². The fraction of sp³-hybridized carbons (Fsp3) is 0.600. The van der Waals surface area contributed by atoms with Gasteiger partial charge in [0.2, 0.25) is 5.91 Å². The summed E-state index contributed by atoms with van der Waals surface area (Å²) in [6, 6.07) is 4.72. The Balaban J connectivity index is 1.70. The molecule has 1 amide bonds. The SMILES string of the molecule is CC1SC(=N[C@@H](C)c2ccccc2C(F)(F)F)NC(=O)[C@H]1CC1CCOCC1. The standard InChI is InChI=1S/C20H25F3N2O2S/c1-12(15-5-3-4-6-17(15)20(21,22)23)24-19-25-18(26)16(13(2)28-19)11-14-7-9-27-10-8-14/h3-6,12-14,16H,7-11H2,1-2H3,(H,24,25,26)/t12-,13?,16-/m0/s1. The lowest BCUT2D eigenvalue weighted by atomic mass is 9.87. The molecule has 1 aromatic carbocycles. The summed E-state index contributed by atoms with van der Waals surface area (Å²) in [6.07, 6.45) is -1.69. The molecule has 28 heavy (non-hydrogen) atoms. The molecule has 0 saturated carbocycles. The van der Waals surface area contributed by atoms with Crippen molar-refractivity contribution in [2.24, 2.45) is 16.8 Å². The van der Waals surface area contributed by atoms with E-state index < -0.39 is 17.8 Å². The van der Waals surface area contributed by atoms with Crippen LogP contribution in [0.25, 0.3) is 0 Å². The quantitative estimate of drug-likeness (QED) is 0.770. The normalized spacial score (nSPS) is 26.9. The third-order valence-electron chi connectivity index (χ3n) is 5.39. The molecule has 0 aromatic heterocycles. The molecular weight excluding hydrogens is 389 g/mol. The Bertz CT molecular complexity index is 732. The van der Waals surface area contributed by atoms with Crippen LogP contribution in [0.5, 0.6) is 0 Å². The molecule has 1 aromatic rings. The van der Waals surface area contributed by atoms with E-state index in [2.05, 4.69) is 10.3 Å². The third kappa shape index (κ3) is 5.08. The van der Waals surface area contributed by atoms with Gasteiger partial charge in [0.05, 0.1) is 17.5 Å². The van der Waals surface area contributed by atoms with Crippen LogP contribution in [0.2, 0.25) is 0 Å². The van der Waals surface area contributed by atoms with Crippen LogP contribution in [0.4, 0.5) is 13.2 Å². The van der Waals surface area contributed by atoms with Crippen molar-refractivity contribution in [3.8, 4) is 0 Å². The summed E-state index contributed by atoms with van der Waals surface area (Å²) in [6.45, 7) is 5.08. The van der Waals surface area contributed by atoms with Crippen molar-refractivity contribution in [1.29, 1.82) is 0 Å². The van der Waals surface area contributed by atoms with E-state index in [0.717, 1.165) is 38.5 Å². The third-order valence-corrected chi connectivity index (χ3v) is 6.52. The van der Waals surface area contributed by atoms with Crippen LogP contribution in [0.3, 0.4) is 0 Å². The summed E-state index contributed by atoms with van der Waals surface area (Å²) < 4.78 is 45.1. The van der Waals surface area contributed by atoms with Crippen molar-refractivity contribution in [3.63, 3.8) is 0 Å². The molecule has 2 saturated heterocycles. The van der Waals surface area contributed by atoms with Crippen LogP contribution in [0.15, 0.2) is 29.3 Å². The number of alkyl halides is 3. The molecule has 2 aliphatic heterocycles. The topological polar surface area (TPSA) is 50.7 Å². The van der Waals surface area contributed by atoms with Crippen molar-refractivity contribution in [2.45, 2.75) is 50.6 Å². The molecule has 8 heteroatoms. The molecule has 3 rings (SSSR count). The molecule has 2 heterocycles. The molecule has 1 N–H and O–H groups in total. The maximum Gasteiger partial charge on any atom is 0.416 e. The largest absolute Gasteiger partial charge is 0.416 e. The lowest BCUT2D eigenvalue weighted by Gasteiger charge is -2.33. The van der Waals surface area contributed by atoms with Gasteiger partial charge >= 0.3 is 6.18 Å². The Kier molecular flexibility index (Phi) is 6.70. The predicted octanol–water partition coefficient (Wildman–Crippen LogP) is 4.81. The maximum absolute atomic E-state index is 13.3. The predicted molar refractivity (Wildman–Crippen MR) is 104 cm³/mol. The number of aliphatic imine (C=N–C) groups is 1. The van der Waals surface area contributed by atoms with Crippen molar-refractivity contribution in [1.82, 2.24) is 5.32 Å². The lowest BCUT2D eigenvalue weighted by molar-refractivity contribution is -0.138. The lowest BCUT2D eigenvalue weighted by Crippen LogP contribution is -2.45. The van der Waals surface area contributed by atoms with Gasteiger partial charge in [0.25, 0.3) is 0 Å². The van der Waals surface area contributed by atoms with Gasteiger partial charge in [-0.05, 0) is 43.7 Å². The summed E-state index contributed by atoms with van der Waals surface area (Å²) in [5.74, 6) is 0.265. The molecule has 2 fully saturated rings. The van der Waals surface area contributed by atoms with E-state index in [9.17, 15) is 18.0 Å². The van der Waals surface area contributed by atoms with E-state index in [-0.39, 0.29) is 22.6 Å². The number of nitrogens with zero attached hydrogens (tertiary/aromatic N) is 1. The Labute approximate surface area is 167 Å². The van der Waals surface area contributed by atoms with Crippen LogP contribution >= 0.6 is 11.8 Å². The van der Waals surface area contributed by atoms with E-state index in [1.54, 1.807) is 13.0 Å². The van der Waals surface area contributed by atoms with Crippen LogP contribution in [-0.2, 0) is 15.7 Å². The highest BCUT2D eigenvalue weighted by molar-refractivity contribution is 8.14. The summed E-state index contributed by atoms with van der Waals surface area (Å²) in [5, 5.41) is 3.23. The first-order valence-electron chi connectivity index (χ1n) is 9.55. The monoisotopic (exact) mass is 414 g/mol. The first kappa shape index (κ1) is 21.2. The summed E-state index contributed by atoms with van der Waals surface area (Å²) in [4.78, 5) is 17.0. The van der Waals surface area contributed by atoms with Gasteiger partial charge < -0.3 is 10.1 Å². The minimum Gasteiger partial charge on any atom is -0.381 e. The van der Waals surface area contributed by atoms with Gasteiger partial charge in [-0.1, -0.05) is 36.9 Å². The average molecular weight is 414 g/mol. The smallest absolute Gasteiger partial charge is 0.381 e. The fourth-order valence-electron chi connectivity index (χ4n) is 3.77. The second kappa shape index (κ2) is 8.86. The van der Waals surface area contributed by atoms with Crippen molar-refractivity contribution >= 4 is 22.8 Å². The second-order valence-corrected chi connectivity index (χ2v) is 8.77. The summed E-state index contributed by atoms with van der Waals surface area (Å²) >= 11 is 1.43. The van der Waals surface area contributed by atoms with E-state index in [1.807, 2.05) is 6.92 Å². The summed E-state index contributed by atoms with van der Waals surface area (Å²) in [7, 11) is 0. The number of amidine groups is 1. The number of carbonyl (C=O) groups excluding carboxylic acids is 1. The van der Waals surface area contributed by atoms with Gasteiger partial charge in [-0.2, -0.15) is 13.2 Å². The first-order chi connectivity index (χ1) is 13.3. The average Bonchev–Trinajstić information content (AvgIpc) is 2.65. The zero-order valence-corrected chi connectivity index (χ0v) is 16.8. The highest BCUT2D eigenvalue weighted by Crippen LogP contribution is 2.37. The number of benzene rings is 1. The minimum absolute atomic E-state index is 0.0282. The molecule has 154 valence electrons. The fourth-order valence-corrected chi connectivity index (χ4v) is 4.90. The molecule has 3 atom stereocenters. The number of hydrogen-bond donors (Lipinski definition) is 1. The molecule has 2 aliphatic rings. The van der Waals surface area contributed by atoms with Crippen LogP contribution in [0, 0.1) is 11.8 Å². The molecule has 0 aliphatic carbocycles. The Morgan fingerprint density at radius 1 is 1.29 bits per heavy atom. The van der Waals surface area contributed by atoms with E-state index in [0.29, 0.717) is 11.1 Å². The Morgan fingerprint density at radius 3 is 2.61 bits per heavy atom. The van der Waals surface area contributed by atoms with Crippen molar-refractivity contribution < 1.29 is 22.7 Å². The Hall–Kier alpha value is -1.54. The van der Waals surface area contributed by atoms with Gasteiger partial charge in [0.15, 0.2) is 5.17 Å². The number of hydrogen-bond acceptors (Lipinski definition) is 4. The molecule has 0 spiro atoms. The number of carbonyl (C=O) groups is 1. The van der Waals surface area contributed by atoms with E-state index in [4.69, 9.17) is 4.74 Å². The number of thioether (sulfide) groups is 1. The van der Waals surface area contributed by atoms with Crippen LogP contribution in [0.1, 0.15) is 50.3 Å². The number of rotatable bonds is 4. The van der Waals surface area contributed by atoms with Crippen molar-refractivity contribution in [2.75, 3.05) is 13.2 Å². The molecular formula is C20H25F3N2O2S. The van der Waals surface area contributed by atoms with Gasteiger partial charge in [-0.3, -0.25) is 9.79 Å². The van der Waals surface area contributed by atoms with Gasteiger partial charge in [-0.25, -0.2) is 0 Å². The van der Waals surface area contributed by atoms with Crippen LogP contribution < -0.4 is 5.32 Å². The van der Waals surface area contributed by atoms with Gasteiger partial charge in [-0.15, -0.1) is 0 Å². The molecule has 0 radical (unpaired) electrons. The zero-order valence-electron chi connectivity index (χ0n) is 16.0. The number of ether oxygens (including phenoxy) is 1. The summed E-state index contributed by atoms with van der Waals surface area (Å²) in [5.41, 5.74) is -0.584. The second-order valence-electron chi connectivity index (χ2n) is 7.41. The number of nitrogens with one attached hydrogen (secondary N) is 1. The van der Waals surface area contributed by atoms with Crippen molar-refractivity contribution in [3.05, 3.63) is 35.4 Å². The van der Waals surface area contributed by atoms with Crippen LogP contribution in [-0.4, -0.2) is 29.5 Å². The highest BCUT2D eigenvalue weighted by Gasteiger charge is 2.36. The van der Waals surface area contributed by atoms with E-state index in [1.165, 1.54) is 23.9 Å². The molecule has 4 nitrogen and oxygen atoms in total. The number of halogens is 3. The maximum atomic E-state index is 13.3. The Morgan fingerprint density at radius 2 is 1.96 bits per heavy atom. The minimum atomic E-state index is -4.43. The van der Waals surface area contributed by atoms with Gasteiger partial charge in [0.1, 0.15) is 0 Å². The molecule has 0 bridgehead atoms. The first-order valence-corrected chi connectivity index (χ1v) is 10.4. The molecule has 1 unspecified atom stereocenters.